The van der Waals surface area contributed by atoms with Gasteiger partial charge in [-0.3, -0.25) is 4.98 Å². The lowest BCUT2D eigenvalue weighted by Gasteiger charge is -2.13. The average Bonchev–Trinajstić information content (AvgIpc) is 2.11. The van der Waals surface area contributed by atoms with Gasteiger partial charge in [0.25, 0.3) is 0 Å². The number of hydrogen-bond donors (Lipinski definition) is 1. The van der Waals surface area contributed by atoms with Crippen molar-refractivity contribution in [1.82, 2.24) is 4.98 Å². The van der Waals surface area contributed by atoms with Gasteiger partial charge in [0.1, 0.15) is 0 Å². The lowest BCUT2D eigenvalue weighted by Crippen LogP contribution is -2.18. The highest BCUT2D eigenvalue weighted by atomic mass is 79.9. The Morgan fingerprint density at radius 3 is 2.60 bits per heavy atom. The fourth-order valence-electron chi connectivity index (χ4n) is 0.997. The van der Waals surface area contributed by atoms with Gasteiger partial charge in [0.2, 0.25) is 0 Å². The summed E-state index contributed by atoms with van der Waals surface area (Å²) in [6, 6.07) is 0. The number of halogens is 4. The first kappa shape index (κ1) is 12.1. The number of ether oxygens (including phenoxy) is 1. The molecule has 0 saturated heterocycles. The third-order valence-electron chi connectivity index (χ3n) is 1.69. The van der Waals surface area contributed by atoms with Crippen molar-refractivity contribution in [3.8, 4) is 11.5 Å². The van der Waals surface area contributed by atoms with Gasteiger partial charge in [-0.05, 0) is 6.92 Å². The van der Waals surface area contributed by atoms with E-state index in [0.29, 0.717) is 5.69 Å². The van der Waals surface area contributed by atoms with E-state index in [1.54, 1.807) is 0 Å². The second kappa shape index (κ2) is 4.26. The summed E-state index contributed by atoms with van der Waals surface area (Å²) in [5, 5.41) is 9.46. The van der Waals surface area contributed by atoms with Crippen molar-refractivity contribution in [3.63, 3.8) is 0 Å². The molecule has 0 aliphatic carbocycles. The molecule has 7 heteroatoms. The first-order chi connectivity index (χ1) is 6.85. The largest absolute Gasteiger partial charge is 0.573 e. The molecule has 0 fully saturated rings. The van der Waals surface area contributed by atoms with Crippen LogP contribution in [0.15, 0.2) is 6.20 Å². The molecule has 0 amide bonds. The highest BCUT2D eigenvalue weighted by Crippen LogP contribution is 2.35. The monoisotopic (exact) mass is 285 g/mol. The summed E-state index contributed by atoms with van der Waals surface area (Å²) in [6.45, 7) is 1.39. The maximum Gasteiger partial charge on any atom is 0.573 e. The molecular formula is C8H7BrF3NO2. The molecule has 84 valence electrons. The van der Waals surface area contributed by atoms with E-state index >= 15 is 0 Å². The Balaban J connectivity index is 3.15. The number of aromatic nitrogens is 1. The van der Waals surface area contributed by atoms with Crippen LogP contribution in [0.1, 0.15) is 11.3 Å². The van der Waals surface area contributed by atoms with E-state index in [9.17, 15) is 18.3 Å². The molecule has 1 heterocycles. The molecule has 0 atom stereocenters. The van der Waals surface area contributed by atoms with Crippen molar-refractivity contribution in [1.29, 1.82) is 0 Å². The summed E-state index contributed by atoms with van der Waals surface area (Å²) in [5.41, 5.74) is 0.538. The molecule has 0 saturated carbocycles. The minimum Gasteiger partial charge on any atom is -0.503 e. The second-order valence-electron chi connectivity index (χ2n) is 2.73. The van der Waals surface area contributed by atoms with Crippen LogP contribution < -0.4 is 4.74 Å². The van der Waals surface area contributed by atoms with Crippen molar-refractivity contribution in [3.05, 3.63) is 17.5 Å². The van der Waals surface area contributed by atoms with Gasteiger partial charge in [-0.2, -0.15) is 0 Å². The van der Waals surface area contributed by atoms with Crippen LogP contribution in [0.2, 0.25) is 0 Å². The summed E-state index contributed by atoms with van der Waals surface area (Å²) in [7, 11) is 0. The molecule has 0 unspecified atom stereocenters. The number of aromatic hydroxyl groups is 1. The summed E-state index contributed by atoms with van der Waals surface area (Å²) >= 11 is 3.07. The minimum atomic E-state index is -4.83. The molecule has 1 rings (SSSR count). The van der Waals surface area contributed by atoms with E-state index in [0.717, 1.165) is 6.20 Å². The molecule has 0 radical (unpaired) electrons. The molecule has 1 N–H and O–H groups in total. The van der Waals surface area contributed by atoms with Gasteiger partial charge < -0.3 is 9.84 Å². The molecule has 1 aromatic heterocycles. The fourth-order valence-corrected chi connectivity index (χ4v) is 1.56. The van der Waals surface area contributed by atoms with E-state index in [4.69, 9.17) is 0 Å². The summed E-state index contributed by atoms with van der Waals surface area (Å²) < 4.78 is 39.6. The number of nitrogens with zero attached hydrogens (tertiary/aromatic N) is 1. The van der Waals surface area contributed by atoms with Crippen molar-refractivity contribution < 1.29 is 23.0 Å². The summed E-state index contributed by atoms with van der Waals surface area (Å²) in [5.74, 6) is -1.23. The standard InChI is InChI=1S/C8H7BrF3NO2/c1-4-5(2-9)13-3-6(14)7(4)15-8(10,11)12/h3,14H,2H2,1H3. The van der Waals surface area contributed by atoms with E-state index in [2.05, 4.69) is 25.7 Å². The zero-order chi connectivity index (χ0) is 11.6. The first-order valence-electron chi connectivity index (χ1n) is 3.84. The third-order valence-corrected chi connectivity index (χ3v) is 2.22. The van der Waals surface area contributed by atoms with Crippen LogP contribution >= 0.6 is 15.9 Å². The number of rotatable bonds is 2. The number of hydrogen-bond acceptors (Lipinski definition) is 3. The lowest BCUT2D eigenvalue weighted by molar-refractivity contribution is -0.275. The van der Waals surface area contributed by atoms with Crippen LogP contribution in [-0.2, 0) is 5.33 Å². The van der Waals surface area contributed by atoms with Gasteiger partial charge in [0.15, 0.2) is 11.5 Å². The maximum absolute atomic E-state index is 12.0. The highest BCUT2D eigenvalue weighted by molar-refractivity contribution is 9.08. The number of pyridine rings is 1. The normalized spacial score (nSPS) is 11.5. The van der Waals surface area contributed by atoms with Gasteiger partial charge in [-0.1, -0.05) is 15.9 Å². The zero-order valence-corrected chi connectivity index (χ0v) is 9.18. The van der Waals surface area contributed by atoms with Crippen LogP contribution in [0.3, 0.4) is 0 Å². The van der Waals surface area contributed by atoms with Crippen molar-refractivity contribution >= 4 is 15.9 Å². The summed E-state index contributed by atoms with van der Waals surface area (Å²) in [4.78, 5) is 3.74. The van der Waals surface area contributed by atoms with E-state index in [1.165, 1.54) is 6.92 Å². The molecular weight excluding hydrogens is 279 g/mol. The minimum absolute atomic E-state index is 0.157. The van der Waals surface area contributed by atoms with E-state index in [-0.39, 0.29) is 10.9 Å². The Morgan fingerprint density at radius 1 is 1.53 bits per heavy atom. The zero-order valence-electron chi connectivity index (χ0n) is 7.60. The lowest BCUT2D eigenvalue weighted by atomic mass is 10.2. The van der Waals surface area contributed by atoms with Crippen LogP contribution in [0.25, 0.3) is 0 Å². The van der Waals surface area contributed by atoms with Gasteiger partial charge in [0, 0.05) is 10.9 Å². The molecule has 1 aromatic rings. The Labute approximate surface area is 92.0 Å². The number of alkyl halides is 4. The molecule has 0 spiro atoms. The third kappa shape index (κ3) is 2.98. The van der Waals surface area contributed by atoms with Crippen LogP contribution in [-0.4, -0.2) is 16.5 Å². The second-order valence-corrected chi connectivity index (χ2v) is 3.29. The van der Waals surface area contributed by atoms with E-state index < -0.39 is 17.9 Å². The molecule has 0 bridgehead atoms. The Bertz CT molecular complexity index is 368. The Hall–Kier alpha value is -0.980. The first-order valence-corrected chi connectivity index (χ1v) is 4.96. The molecule has 0 aliphatic heterocycles. The van der Waals surface area contributed by atoms with Crippen molar-refractivity contribution in [2.45, 2.75) is 18.6 Å². The van der Waals surface area contributed by atoms with Crippen molar-refractivity contribution in [2.24, 2.45) is 0 Å². The van der Waals surface area contributed by atoms with Gasteiger partial charge in [-0.25, -0.2) is 0 Å². The SMILES string of the molecule is Cc1c(CBr)ncc(O)c1OC(F)(F)F. The Kier molecular flexibility index (Phi) is 3.43. The highest BCUT2D eigenvalue weighted by Gasteiger charge is 2.33. The van der Waals surface area contributed by atoms with Gasteiger partial charge in [0.05, 0.1) is 11.9 Å². The average molecular weight is 286 g/mol. The molecule has 0 aromatic carbocycles. The van der Waals surface area contributed by atoms with Gasteiger partial charge >= 0.3 is 6.36 Å². The fraction of sp³-hybridized carbons (Fsp3) is 0.375. The smallest absolute Gasteiger partial charge is 0.503 e. The predicted molar refractivity (Wildman–Crippen MR) is 50.0 cm³/mol. The predicted octanol–water partition coefficient (Wildman–Crippen LogP) is 2.89. The maximum atomic E-state index is 12.0. The molecule has 0 aliphatic rings. The van der Waals surface area contributed by atoms with Crippen LogP contribution in [0.4, 0.5) is 13.2 Å². The summed E-state index contributed by atoms with van der Waals surface area (Å²) in [6.07, 6.45) is -3.90. The van der Waals surface area contributed by atoms with Gasteiger partial charge in [-0.15, -0.1) is 13.2 Å². The molecule has 3 nitrogen and oxygen atoms in total. The van der Waals surface area contributed by atoms with Crippen LogP contribution in [0.5, 0.6) is 11.5 Å². The quantitative estimate of drug-likeness (QED) is 0.850. The topological polar surface area (TPSA) is 42.4 Å². The molecule has 15 heavy (non-hydrogen) atoms. The van der Waals surface area contributed by atoms with Crippen LogP contribution in [0, 0.1) is 6.92 Å². The van der Waals surface area contributed by atoms with E-state index in [1.807, 2.05) is 0 Å². The Morgan fingerprint density at radius 2 is 2.13 bits per heavy atom. The van der Waals surface area contributed by atoms with Crippen molar-refractivity contribution in [2.75, 3.05) is 0 Å².